The number of nitrogens with zero attached hydrogens (tertiary/aromatic N) is 3. The van der Waals surface area contributed by atoms with Crippen LogP contribution in [0.4, 0.5) is 11.5 Å². The van der Waals surface area contributed by atoms with Gasteiger partial charge < -0.3 is 11.1 Å². The van der Waals surface area contributed by atoms with Crippen molar-refractivity contribution in [3.8, 4) is 5.69 Å². The average Bonchev–Trinajstić information content (AvgIpc) is 3.05. The number of benzene rings is 3. The summed E-state index contributed by atoms with van der Waals surface area (Å²) in [6.45, 7) is 5.97. The minimum Gasteiger partial charge on any atom is -0.384 e. The first-order chi connectivity index (χ1) is 15.4. The number of nitrogen functional groups attached to an aromatic ring is 1. The second-order valence-electron chi connectivity index (χ2n) is 8.09. The molecule has 0 unspecified atom stereocenters. The largest absolute Gasteiger partial charge is 0.384 e. The van der Waals surface area contributed by atoms with Crippen molar-refractivity contribution in [2.75, 3.05) is 11.1 Å². The third kappa shape index (κ3) is 3.26. The first-order valence-corrected chi connectivity index (χ1v) is 10.4. The molecule has 158 valence electrons. The molecule has 0 atom stereocenters. The Bertz CT molecular complexity index is 1520. The van der Waals surface area contributed by atoms with E-state index in [0.717, 1.165) is 33.6 Å². The van der Waals surface area contributed by atoms with Gasteiger partial charge in [-0.2, -0.15) is 0 Å². The second-order valence-corrected chi connectivity index (χ2v) is 8.09. The van der Waals surface area contributed by atoms with E-state index in [1.165, 1.54) is 0 Å². The van der Waals surface area contributed by atoms with Gasteiger partial charge in [0.15, 0.2) is 5.65 Å². The lowest BCUT2D eigenvalue weighted by Gasteiger charge is -2.10. The van der Waals surface area contributed by atoms with Crippen LogP contribution in [0.1, 0.15) is 27.0 Å². The van der Waals surface area contributed by atoms with Gasteiger partial charge in [-0.15, -0.1) is 0 Å². The van der Waals surface area contributed by atoms with Crippen molar-refractivity contribution in [1.82, 2.24) is 14.5 Å². The Balaban J connectivity index is 1.76. The Hall–Kier alpha value is -4.19. The number of carbonyl (C=O) groups is 1. The maximum atomic E-state index is 13.5. The van der Waals surface area contributed by atoms with Crippen molar-refractivity contribution >= 4 is 39.6 Å². The normalized spacial score (nSPS) is 11.2. The lowest BCUT2D eigenvalue weighted by Crippen LogP contribution is -2.15. The molecule has 3 N–H and O–H groups in total. The number of hydrogen-bond donors (Lipinski definition) is 2. The summed E-state index contributed by atoms with van der Waals surface area (Å²) in [7, 11) is 0. The minimum absolute atomic E-state index is 0.308. The fraction of sp³-hybridized carbons (Fsp3) is 0.115. The minimum atomic E-state index is -0.308. The van der Waals surface area contributed by atoms with Crippen LogP contribution in [0.3, 0.4) is 0 Å². The third-order valence-corrected chi connectivity index (χ3v) is 5.63. The van der Waals surface area contributed by atoms with Crippen LogP contribution in [-0.2, 0) is 0 Å². The molecule has 6 heteroatoms. The van der Waals surface area contributed by atoms with Gasteiger partial charge in [-0.05, 0) is 67.8 Å². The smallest absolute Gasteiger partial charge is 0.261 e. The number of nitrogens with one attached hydrogen (secondary N) is 1. The molecule has 2 aromatic heterocycles. The number of amides is 1. The van der Waals surface area contributed by atoms with E-state index in [1.54, 1.807) is 4.57 Å². The molecule has 0 saturated heterocycles. The highest BCUT2D eigenvalue weighted by atomic mass is 16.1. The molecule has 6 nitrogen and oxygen atoms in total. The molecule has 1 amide bonds. The quantitative estimate of drug-likeness (QED) is 0.412. The first-order valence-electron chi connectivity index (χ1n) is 10.4. The molecule has 0 bridgehead atoms. The van der Waals surface area contributed by atoms with Gasteiger partial charge in [-0.3, -0.25) is 9.36 Å². The van der Waals surface area contributed by atoms with Crippen LogP contribution in [0.2, 0.25) is 0 Å². The molecule has 0 spiro atoms. The van der Waals surface area contributed by atoms with Gasteiger partial charge in [0, 0.05) is 11.4 Å². The number of fused-ring (bicyclic) bond motifs is 2. The van der Waals surface area contributed by atoms with Crippen molar-refractivity contribution < 1.29 is 4.79 Å². The summed E-state index contributed by atoms with van der Waals surface area (Å²) >= 11 is 0. The highest BCUT2D eigenvalue weighted by molar-refractivity contribution is 6.16. The van der Waals surface area contributed by atoms with Crippen molar-refractivity contribution in [3.05, 3.63) is 89.0 Å². The van der Waals surface area contributed by atoms with Gasteiger partial charge in [0.1, 0.15) is 16.9 Å². The van der Waals surface area contributed by atoms with E-state index in [2.05, 4.69) is 5.32 Å². The maximum Gasteiger partial charge on any atom is 0.261 e. The molecule has 5 rings (SSSR count). The monoisotopic (exact) mass is 421 g/mol. The van der Waals surface area contributed by atoms with E-state index in [4.69, 9.17) is 15.7 Å². The van der Waals surface area contributed by atoms with Crippen LogP contribution in [0.15, 0.2) is 66.7 Å². The molecular weight excluding hydrogens is 398 g/mol. The molecule has 0 radical (unpaired) electrons. The standard InChI is InChI=1S/C26H23N5O/c1-15-7-6-8-18(13-15)31-24(27)22(26(32)30-21-14-16(2)11-12-17(21)3)23-25(31)29-20-10-5-4-9-19(20)28-23/h4-14H,27H2,1-3H3,(H,30,32). The number of anilines is 2. The van der Waals surface area contributed by atoms with E-state index in [0.29, 0.717) is 28.1 Å². The summed E-state index contributed by atoms with van der Waals surface area (Å²) in [6, 6.07) is 21.5. The lowest BCUT2D eigenvalue weighted by molar-refractivity contribution is 0.102. The van der Waals surface area contributed by atoms with Crippen molar-refractivity contribution in [3.63, 3.8) is 0 Å². The molecular formula is C26H23N5O. The molecule has 0 saturated carbocycles. The summed E-state index contributed by atoms with van der Waals surface area (Å²) < 4.78 is 1.81. The van der Waals surface area contributed by atoms with E-state index in [-0.39, 0.29) is 5.91 Å². The van der Waals surface area contributed by atoms with Gasteiger partial charge in [0.2, 0.25) is 0 Å². The zero-order valence-corrected chi connectivity index (χ0v) is 18.2. The fourth-order valence-corrected chi connectivity index (χ4v) is 3.97. The Morgan fingerprint density at radius 3 is 2.34 bits per heavy atom. The number of rotatable bonds is 3. The summed E-state index contributed by atoms with van der Waals surface area (Å²) in [4.78, 5) is 23.1. The topological polar surface area (TPSA) is 85.8 Å². The van der Waals surface area contributed by atoms with E-state index >= 15 is 0 Å². The van der Waals surface area contributed by atoms with Crippen molar-refractivity contribution in [2.45, 2.75) is 20.8 Å². The van der Waals surface area contributed by atoms with Crippen LogP contribution in [0.25, 0.3) is 27.9 Å². The van der Waals surface area contributed by atoms with E-state index in [1.807, 2.05) is 87.5 Å². The van der Waals surface area contributed by atoms with Crippen LogP contribution in [0, 0.1) is 20.8 Å². The summed E-state index contributed by atoms with van der Waals surface area (Å²) in [5.74, 6) is 0.000830. The van der Waals surface area contributed by atoms with Crippen LogP contribution in [0.5, 0.6) is 0 Å². The Morgan fingerprint density at radius 1 is 0.875 bits per heavy atom. The van der Waals surface area contributed by atoms with Crippen molar-refractivity contribution in [2.24, 2.45) is 0 Å². The fourth-order valence-electron chi connectivity index (χ4n) is 3.97. The summed E-state index contributed by atoms with van der Waals surface area (Å²) in [5, 5.41) is 3.02. The van der Waals surface area contributed by atoms with Gasteiger partial charge in [0.25, 0.3) is 5.91 Å². The number of hydrogen-bond acceptors (Lipinski definition) is 4. The van der Waals surface area contributed by atoms with Gasteiger partial charge in [0.05, 0.1) is 11.0 Å². The SMILES string of the molecule is Cc1cccc(-n2c(N)c(C(=O)Nc3cc(C)ccc3C)c3nc4ccccc4nc32)c1. The van der Waals surface area contributed by atoms with Crippen LogP contribution in [-0.4, -0.2) is 20.4 Å². The van der Waals surface area contributed by atoms with E-state index in [9.17, 15) is 4.79 Å². The molecule has 2 heterocycles. The van der Waals surface area contributed by atoms with Crippen LogP contribution < -0.4 is 11.1 Å². The highest BCUT2D eigenvalue weighted by Crippen LogP contribution is 2.32. The molecule has 0 aliphatic rings. The number of aryl methyl sites for hydroxylation is 3. The Kier molecular flexibility index (Phi) is 4.63. The van der Waals surface area contributed by atoms with Gasteiger partial charge in [-0.25, -0.2) is 9.97 Å². The number of aromatic nitrogens is 3. The first kappa shape index (κ1) is 19.8. The molecule has 0 fully saturated rings. The predicted octanol–water partition coefficient (Wildman–Crippen LogP) is 5.33. The average molecular weight is 422 g/mol. The van der Waals surface area contributed by atoms with E-state index < -0.39 is 0 Å². The highest BCUT2D eigenvalue weighted by Gasteiger charge is 2.25. The molecule has 0 aliphatic heterocycles. The Labute approximate surface area is 185 Å². The molecule has 3 aromatic carbocycles. The predicted molar refractivity (Wildman–Crippen MR) is 129 cm³/mol. The molecule has 5 aromatic rings. The number of nitrogens with two attached hydrogens (primary N) is 1. The van der Waals surface area contributed by atoms with Crippen molar-refractivity contribution in [1.29, 1.82) is 0 Å². The summed E-state index contributed by atoms with van der Waals surface area (Å²) in [6.07, 6.45) is 0. The van der Waals surface area contributed by atoms with Crippen LogP contribution >= 0.6 is 0 Å². The second kappa shape index (κ2) is 7.50. The number of carbonyl (C=O) groups excluding carboxylic acids is 1. The maximum absolute atomic E-state index is 13.5. The third-order valence-electron chi connectivity index (χ3n) is 5.63. The zero-order chi connectivity index (χ0) is 22.4. The molecule has 32 heavy (non-hydrogen) atoms. The van der Waals surface area contributed by atoms with Gasteiger partial charge in [-0.1, -0.05) is 36.4 Å². The lowest BCUT2D eigenvalue weighted by atomic mass is 10.1. The zero-order valence-electron chi connectivity index (χ0n) is 18.2. The number of para-hydroxylation sites is 2. The van der Waals surface area contributed by atoms with Gasteiger partial charge >= 0.3 is 0 Å². The molecule has 0 aliphatic carbocycles. The summed E-state index contributed by atoms with van der Waals surface area (Å²) in [5.41, 5.74) is 14.1. The Morgan fingerprint density at radius 2 is 1.59 bits per heavy atom.